The van der Waals surface area contributed by atoms with E-state index in [0.717, 1.165) is 25.6 Å². The molecule has 1 aromatic rings. The lowest BCUT2D eigenvalue weighted by Gasteiger charge is -2.11. The van der Waals surface area contributed by atoms with Crippen molar-refractivity contribution in [3.63, 3.8) is 0 Å². The number of alkyl halides is 3. The minimum absolute atomic E-state index is 0.0241. The molecule has 1 rings (SSSR count). The minimum Gasteiger partial charge on any atom is -0.494 e. The Balaban J connectivity index is 2.30. The van der Waals surface area contributed by atoms with Gasteiger partial charge in [-0.15, -0.1) is 0 Å². The Morgan fingerprint density at radius 3 is 2.52 bits per heavy atom. The molecule has 0 radical (unpaired) electrons. The zero-order valence-corrected chi connectivity index (χ0v) is 11.8. The van der Waals surface area contributed by atoms with Gasteiger partial charge in [0.05, 0.1) is 18.8 Å². The van der Waals surface area contributed by atoms with Crippen molar-refractivity contribution in [3.05, 3.63) is 29.6 Å². The fourth-order valence-corrected chi connectivity index (χ4v) is 1.65. The number of benzene rings is 1. The molecule has 0 aromatic heterocycles. The fraction of sp³-hybridized carbons (Fsp3) is 0.571. The van der Waals surface area contributed by atoms with Crippen LogP contribution in [0.1, 0.15) is 18.4 Å². The summed E-state index contributed by atoms with van der Waals surface area (Å²) in [6.45, 7) is 2.45. The second-order valence-corrected chi connectivity index (χ2v) is 4.44. The summed E-state index contributed by atoms with van der Waals surface area (Å²) in [5.74, 6) is -1.27. The van der Waals surface area contributed by atoms with Gasteiger partial charge in [0.15, 0.2) is 0 Å². The summed E-state index contributed by atoms with van der Waals surface area (Å²) < 4.78 is 60.6. The molecule has 0 aliphatic rings. The Kier molecular flexibility index (Phi) is 7.45. The summed E-state index contributed by atoms with van der Waals surface area (Å²) in [6.07, 6.45) is -3.19. The number of methoxy groups -OCH3 is 1. The van der Waals surface area contributed by atoms with Gasteiger partial charge in [0, 0.05) is 13.7 Å². The first kappa shape index (κ1) is 17.7. The summed E-state index contributed by atoms with van der Waals surface area (Å²) in [6, 6.07) is 2.65. The van der Waals surface area contributed by atoms with Crippen molar-refractivity contribution in [2.24, 2.45) is 0 Å². The summed E-state index contributed by atoms with van der Waals surface area (Å²) in [5.41, 5.74) is -1.30. The van der Waals surface area contributed by atoms with E-state index in [9.17, 15) is 17.6 Å². The van der Waals surface area contributed by atoms with E-state index in [-0.39, 0.29) is 12.4 Å². The van der Waals surface area contributed by atoms with Crippen molar-refractivity contribution in [2.75, 3.05) is 33.4 Å². The molecule has 0 atom stereocenters. The van der Waals surface area contributed by atoms with Crippen LogP contribution in [-0.2, 0) is 10.9 Å². The summed E-state index contributed by atoms with van der Waals surface area (Å²) >= 11 is 0. The highest BCUT2D eigenvalue weighted by Crippen LogP contribution is 2.33. The van der Waals surface area contributed by atoms with Crippen molar-refractivity contribution >= 4 is 0 Å². The first-order valence-electron chi connectivity index (χ1n) is 6.64. The van der Waals surface area contributed by atoms with Gasteiger partial charge in [-0.05, 0) is 37.6 Å². The monoisotopic (exact) mass is 309 g/mol. The van der Waals surface area contributed by atoms with E-state index in [2.05, 4.69) is 5.32 Å². The molecule has 21 heavy (non-hydrogen) atoms. The average Bonchev–Trinajstić information content (AvgIpc) is 2.42. The predicted molar refractivity (Wildman–Crippen MR) is 70.9 cm³/mol. The molecule has 0 fully saturated rings. The number of halogens is 4. The van der Waals surface area contributed by atoms with Crippen LogP contribution in [0.5, 0.6) is 5.75 Å². The second-order valence-electron chi connectivity index (χ2n) is 4.44. The van der Waals surface area contributed by atoms with Crippen molar-refractivity contribution in [3.8, 4) is 5.75 Å². The first-order valence-corrected chi connectivity index (χ1v) is 6.64. The van der Waals surface area contributed by atoms with E-state index in [1.54, 1.807) is 7.11 Å². The van der Waals surface area contributed by atoms with Gasteiger partial charge >= 0.3 is 6.18 Å². The first-order chi connectivity index (χ1) is 9.95. The van der Waals surface area contributed by atoms with E-state index in [1.807, 2.05) is 0 Å². The lowest BCUT2D eigenvalue weighted by Crippen LogP contribution is -2.20. The van der Waals surface area contributed by atoms with Gasteiger partial charge in [-0.2, -0.15) is 13.2 Å². The van der Waals surface area contributed by atoms with E-state index in [4.69, 9.17) is 9.47 Å². The normalized spacial score (nSPS) is 11.7. The van der Waals surface area contributed by atoms with Crippen LogP contribution in [-0.4, -0.2) is 33.4 Å². The van der Waals surface area contributed by atoms with Crippen LogP contribution in [0, 0.1) is 5.82 Å². The molecule has 0 aliphatic carbocycles. The predicted octanol–water partition coefficient (Wildman–Crippen LogP) is 3.24. The number of unbranched alkanes of at least 4 members (excludes halogenated alkanes) is 1. The summed E-state index contributed by atoms with van der Waals surface area (Å²) in [7, 11) is 1.62. The Morgan fingerprint density at radius 2 is 1.86 bits per heavy atom. The maximum absolute atomic E-state index is 13.1. The standard InChI is InChI=1S/C14H19F4NO2/c1-20-9-7-19-6-2-3-8-21-11-4-5-13(15)12(10-11)14(16,17)18/h4-5,10,19H,2-3,6-9H2,1H3. The Hall–Kier alpha value is -1.34. The van der Waals surface area contributed by atoms with E-state index < -0.39 is 17.6 Å². The molecule has 0 heterocycles. The molecule has 0 aliphatic heterocycles. The molecule has 0 saturated heterocycles. The number of hydrogen-bond donors (Lipinski definition) is 1. The summed E-state index contributed by atoms with van der Waals surface area (Å²) in [5, 5.41) is 3.14. The third kappa shape index (κ3) is 6.77. The molecule has 0 spiro atoms. The van der Waals surface area contributed by atoms with Crippen LogP contribution in [0.4, 0.5) is 17.6 Å². The highest BCUT2D eigenvalue weighted by Gasteiger charge is 2.34. The van der Waals surface area contributed by atoms with Crippen LogP contribution in [0.15, 0.2) is 18.2 Å². The zero-order valence-electron chi connectivity index (χ0n) is 11.8. The molecule has 3 nitrogen and oxygen atoms in total. The Bertz CT molecular complexity index is 424. The molecular formula is C14H19F4NO2. The van der Waals surface area contributed by atoms with E-state index >= 15 is 0 Å². The quantitative estimate of drug-likeness (QED) is 0.561. The molecule has 0 saturated carbocycles. The lowest BCUT2D eigenvalue weighted by molar-refractivity contribution is -0.140. The van der Waals surface area contributed by atoms with Gasteiger partial charge in [0.2, 0.25) is 0 Å². The van der Waals surface area contributed by atoms with E-state index in [0.29, 0.717) is 19.1 Å². The number of hydrogen-bond acceptors (Lipinski definition) is 3. The largest absolute Gasteiger partial charge is 0.494 e. The number of rotatable bonds is 9. The molecular weight excluding hydrogens is 290 g/mol. The SMILES string of the molecule is COCCNCCCCOc1ccc(F)c(C(F)(F)F)c1. The number of ether oxygens (including phenoxy) is 2. The molecule has 0 unspecified atom stereocenters. The van der Waals surface area contributed by atoms with Gasteiger partial charge in [0.25, 0.3) is 0 Å². The van der Waals surface area contributed by atoms with Gasteiger partial charge in [-0.3, -0.25) is 0 Å². The second kappa shape index (κ2) is 8.84. The molecule has 1 aromatic carbocycles. The van der Waals surface area contributed by atoms with Gasteiger partial charge in [-0.25, -0.2) is 4.39 Å². The van der Waals surface area contributed by atoms with Gasteiger partial charge in [-0.1, -0.05) is 0 Å². The van der Waals surface area contributed by atoms with Crippen molar-refractivity contribution in [1.29, 1.82) is 0 Å². The van der Waals surface area contributed by atoms with Crippen LogP contribution in [0.2, 0.25) is 0 Å². The Labute approximate surface area is 121 Å². The number of nitrogens with one attached hydrogen (secondary N) is 1. The van der Waals surface area contributed by atoms with Crippen LogP contribution in [0.25, 0.3) is 0 Å². The maximum atomic E-state index is 13.1. The topological polar surface area (TPSA) is 30.5 Å². The fourth-order valence-electron chi connectivity index (χ4n) is 1.65. The van der Waals surface area contributed by atoms with E-state index in [1.165, 1.54) is 6.07 Å². The minimum atomic E-state index is -4.71. The van der Waals surface area contributed by atoms with Gasteiger partial charge < -0.3 is 14.8 Å². The summed E-state index contributed by atoms with van der Waals surface area (Å²) in [4.78, 5) is 0. The van der Waals surface area contributed by atoms with Crippen LogP contribution in [0.3, 0.4) is 0 Å². The highest BCUT2D eigenvalue weighted by molar-refractivity contribution is 5.31. The highest BCUT2D eigenvalue weighted by atomic mass is 19.4. The molecule has 7 heteroatoms. The third-order valence-electron chi connectivity index (χ3n) is 2.74. The smallest absolute Gasteiger partial charge is 0.419 e. The van der Waals surface area contributed by atoms with Crippen molar-refractivity contribution in [1.82, 2.24) is 5.32 Å². The lowest BCUT2D eigenvalue weighted by atomic mass is 10.2. The third-order valence-corrected chi connectivity index (χ3v) is 2.74. The molecule has 0 amide bonds. The van der Waals surface area contributed by atoms with Gasteiger partial charge in [0.1, 0.15) is 11.6 Å². The van der Waals surface area contributed by atoms with Crippen molar-refractivity contribution < 1.29 is 27.0 Å². The van der Waals surface area contributed by atoms with Crippen LogP contribution >= 0.6 is 0 Å². The average molecular weight is 309 g/mol. The van der Waals surface area contributed by atoms with Crippen molar-refractivity contribution in [2.45, 2.75) is 19.0 Å². The maximum Gasteiger partial charge on any atom is 0.419 e. The zero-order chi connectivity index (χ0) is 15.7. The Morgan fingerprint density at radius 1 is 1.10 bits per heavy atom. The van der Waals surface area contributed by atoms with Crippen LogP contribution < -0.4 is 10.1 Å². The molecule has 120 valence electrons. The molecule has 1 N–H and O–H groups in total. The molecule has 0 bridgehead atoms.